The first kappa shape index (κ1) is 17.2. The topological polar surface area (TPSA) is 106 Å². The lowest BCUT2D eigenvalue weighted by Crippen LogP contribution is -2.12. The molecule has 0 aliphatic heterocycles. The van der Waals surface area contributed by atoms with Crippen LogP contribution in [0.4, 0.5) is 0 Å². The third-order valence-electron chi connectivity index (χ3n) is 3.68. The molecule has 7 heteroatoms. The van der Waals surface area contributed by atoms with Gasteiger partial charge in [0.15, 0.2) is 28.8 Å². The average Bonchev–Trinajstić information content (AvgIpc) is 3.14. The van der Waals surface area contributed by atoms with Crippen molar-refractivity contribution in [2.75, 3.05) is 7.11 Å². The minimum absolute atomic E-state index is 0.0545. The summed E-state index contributed by atoms with van der Waals surface area (Å²) >= 11 is 0. The van der Waals surface area contributed by atoms with Gasteiger partial charge in [0, 0.05) is 11.6 Å². The summed E-state index contributed by atoms with van der Waals surface area (Å²) in [4.78, 5) is 0. The Hall–Kier alpha value is -3.61. The number of phenols is 1. The molecule has 0 amide bonds. The lowest BCUT2D eigenvalue weighted by atomic mass is 10.1. The highest BCUT2D eigenvalue weighted by molar-refractivity contribution is 5.96. The molecule has 3 aromatic rings. The van der Waals surface area contributed by atoms with E-state index in [-0.39, 0.29) is 11.6 Å². The molecule has 0 fully saturated rings. The maximum Gasteiger partial charge on any atom is 0.175 e. The molecule has 0 atom stereocenters. The van der Waals surface area contributed by atoms with Gasteiger partial charge in [-0.3, -0.25) is 0 Å². The zero-order valence-electron chi connectivity index (χ0n) is 14.4. The van der Waals surface area contributed by atoms with Crippen LogP contribution in [-0.4, -0.2) is 29.4 Å². The number of aromatic hydroxyl groups is 1. The molecule has 3 N–H and O–H groups in total. The van der Waals surface area contributed by atoms with E-state index in [9.17, 15) is 5.11 Å². The number of amidine groups is 1. The Morgan fingerprint density at radius 2 is 1.96 bits per heavy atom. The normalized spacial score (nSPS) is 11.8. The van der Waals surface area contributed by atoms with E-state index in [2.05, 4.69) is 15.4 Å². The maximum atomic E-state index is 9.57. The monoisotopic (exact) mass is 350 g/mol. The average molecular weight is 350 g/mol. The molecule has 3 rings (SSSR count). The molecule has 7 nitrogen and oxygen atoms in total. The molecular weight excluding hydrogens is 332 g/mol. The van der Waals surface area contributed by atoms with Gasteiger partial charge in [-0.15, -0.1) is 5.10 Å². The van der Waals surface area contributed by atoms with E-state index in [0.29, 0.717) is 22.8 Å². The number of phenolic OH excluding ortho intramolecular Hbond substituents is 1. The quantitative estimate of drug-likeness (QED) is 0.418. The standard InChI is InChI=1S/C19H18N4O3/c1-12-3-6-14(7-4-12)17-10-15(23-26-17)19(20)22-21-11-13-5-8-16(24)18(9-13)25-2/h3-11,24H,1-2H3,(H2,20,22). The van der Waals surface area contributed by atoms with E-state index < -0.39 is 0 Å². The van der Waals surface area contributed by atoms with Crippen molar-refractivity contribution in [3.8, 4) is 22.8 Å². The number of hydrogen-bond donors (Lipinski definition) is 2. The maximum absolute atomic E-state index is 9.57. The Morgan fingerprint density at radius 1 is 1.19 bits per heavy atom. The summed E-state index contributed by atoms with van der Waals surface area (Å²) < 4.78 is 10.4. The first-order valence-corrected chi connectivity index (χ1v) is 7.84. The summed E-state index contributed by atoms with van der Waals surface area (Å²) in [5.74, 6) is 1.14. The van der Waals surface area contributed by atoms with Crippen LogP contribution in [-0.2, 0) is 0 Å². The Bertz CT molecular complexity index is 959. The number of rotatable bonds is 5. The molecule has 0 aliphatic rings. The lowest BCUT2D eigenvalue weighted by molar-refractivity contribution is 0.373. The number of methoxy groups -OCH3 is 1. The van der Waals surface area contributed by atoms with Gasteiger partial charge >= 0.3 is 0 Å². The molecule has 1 aromatic heterocycles. The van der Waals surface area contributed by atoms with Crippen LogP contribution in [0.25, 0.3) is 11.3 Å². The van der Waals surface area contributed by atoms with Crippen molar-refractivity contribution < 1.29 is 14.4 Å². The van der Waals surface area contributed by atoms with E-state index in [1.54, 1.807) is 18.2 Å². The molecule has 0 spiro atoms. The zero-order valence-corrected chi connectivity index (χ0v) is 14.4. The summed E-state index contributed by atoms with van der Waals surface area (Å²) in [6, 6.07) is 14.4. The van der Waals surface area contributed by atoms with Gasteiger partial charge in [0.2, 0.25) is 0 Å². The number of aryl methyl sites for hydroxylation is 1. The summed E-state index contributed by atoms with van der Waals surface area (Å²) in [6.45, 7) is 2.02. The highest BCUT2D eigenvalue weighted by Gasteiger charge is 2.09. The van der Waals surface area contributed by atoms with Crippen molar-refractivity contribution in [3.05, 3.63) is 65.4 Å². The van der Waals surface area contributed by atoms with Crippen LogP contribution in [0.5, 0.6) is 11.5 Å². The van der Waals surface area contributed by atoms with E-state index >= 15 is 0 Å². The number of hydrogen-bond acceptors (Lipinski definition) is 6. The number of nitrogens with zero attached hydrogens (tertiary/aromatic N) is 3. The third-order valence-corrected chi connectivity index (χ3v) is 3.68. The van der Waals surface area contributed by atoms with E-state index in [0.717, 1.165) is 11.1 Å². The minimum atomic E-state index is 0.0545. The number of benzene rings is 2. The van der Waals surface area contributed by atoms with Gasteiger partial charge in [-0.1, -0.05) is 35.0 Å². The first-order chi connectivity index (χ1) is 12.6. The van der Waals surface area contributed by atoms with E-state index in [1.807, 2.05) is 31.2 Å². The van der Waals surface area contributed by atoms with Crippen LogP contribution in [0.2, 0.25) is 0 Å². The van der Waals surface area contributed by atoms with Crippen LogP contribution in [0.1, 0.15) is 16.8 Å². The highest BCUT2D eigenvalue weighted by Crippen LogP contribution is 2.25. The minimum Gasteiger partial charge on any atom is -0.504 e. The van der Waals surface area contributed by atoms with Gasteiger partial charge in [0.05, 0.1) is 13.3 Å². The number of ether oxygens (including phenoxy) is 1. The lowest BCUT2D eigenvalue weighted by Gasteiger charge is -2.02. The van der Waals surface area contributed by atoms with Crippen LogP contribution in [0.3, 0.4) is 0 Å². The summed E-state index contributed by atoms with van der Waals surface area (Å²) in [6.07, 6.45) is 1.50. The van der Waals surface area contributed by atoms with Crippen LogP contribution in [0, 0.1) is 6.92 Å². The fourth-order valence-electron chi connectivity index (χ4n) is 2.23. The van der Waals surface area contributed by atoms with Crippen molar-refractivity contribution >= 4 is 12.1 Å². The smallest absolute Gasteiger partial charge is 0.175 e. The number of aromatic nitrogens is 1. The molecule has 0 unspecified atom stereocenters. The molecule has 0 bridgehead atoms. The largest absolute Gasteiger partial charge is 0.504 e. The summed E-state index contributed by atoms with van der Waals surface area (Å²) in [5.41, 5.74) is 9.08. The van der Waals surface area contributed by atoms with Crippen molar-refractivity contribution in [3.63, 3.8) is 0 Å². The molecule has 0 saturated heterocycles. The Labute approximate surface area is 150 Å². The fraction of sp³-hybridized carbons (Fsp3) is 0.105. The predicted molar refractivity (Wildman–Crippen MR) is 99.7 cm³/mol. The van der Waals surface area contributed by atoms with Gasteiger partial charge in [-0.2, -0.15) is 5.10 Å². The van der Waals surface area contributed by atoms with E-state index in [4.69, 9.17) is 15.0 Å². The molecule has 0 saturated carbocycles. The number of nitrogens with two attached hydrogens (primary N) is 1. The van der Waals surface area contributed by atoms with Crippen LogP contribution in [0.15, 0.2) is 63.3 Å². The van der Waals surface area contributed by atoms with Crippen LogP contribution >= 0.6 is 0 Å². The van der Waals surface area contributed by atoms with Crippen molar-refractivity contribution in [2.24, 2.45) is 15.9 Å². The van der Waals surface area contributed by atoms with Crippen molar-refractivity contribution in [1.29, 1.82) is 0 Å². The highest BCUT2D eigenvalue weighted by atomic mass is 16.5. The van der Waals surface area contributed by atoms with Gasteiger partial charge < -0.3 is 20.1 Å². The van der Waals surface area contributed by atoms with Crippen molar-refractivity contribution in [1.82, 2.24) is 5.16 Å². The SMILES string of the molecule is COc1cc(C=NN=C(N)c2cc(-c3ccc(C)cc3)on2)ccc1O. The molecule has 2 aromatic carbocycles. The summed E-state index contributed by atoms with van der Waals surface area (Å²) in [5, 5.41) is 21.4. The Kier molecular flexibility index (Phi) is 4.98. The Morgan fingerprint density at radius 3 is 2.69 bits per heavy atom. The predicted octanol–water partition coefficient (Wildman–Crippen LogP) is 3.10. The molecule has 26 heavy (non-hydrogen) atoms. The Balaban J connectivity index is 1.75. The van der Waals surface area contributed by atoms with Crippen molar-refractivity contribution in [2.45, 2.75) is 6.92 Å². The van der Waals surface area contributed by atoms with Crippen LogP contribution < -0.4 is 10.5 Å². The van der Waals surface area contributed by atoms with Gasteiger partial charge in [0.1, 0.15) is 0 Å². The molecule has 0 aliphatic carbocycles. The third kappa shape index (κ3) is 3.89. The fourth-order valence-corrected chi connectivity index (χ4v) is 2.23. The second-order valence-corrected chi connectivity index (χ2v) is 5.60. The summed E-state index contributed by atoms with van der Waals surface area (Å²) in [7, 11) is 1.47. The molecule has 0 radical (unpaired) electrons. The van der Waals surface area contributed by atoms with Gasteiger partial charge in [-0.25, -0.2) is 0 Å². The molecule has 132 valence electrons. The first-order valence-electron chi connectivity index (χ1n) is 7.84. The zero-order chi connectivity index (χ0) is 18.5. The van der Waals surface area contributed by atoms with E-state index in [1.165, 1.54) is 19.4 Å². The molecule has 1 heterocycles. The second-order valence-electron chi connectivity index (χ2n) is 5.60. The second kappa shape index (κ2) is 7.52. The molecular formula is C19H18N4O3. The van der Waals surface area contributed by atoms with Gasteiger partial charge in [0.25, 0.3) is 0 Å². The van der Waals surface area contributed by atoms with Gasteiger partial charge in [-0.05, 0) is 30.7 Å².